The Bertz CT molecular complexity index is 570. The van der Waals surface area contributed by atoms with Gasteiger partial charge < -0.3 is 10.8 Å². The largest absolute Gasteiger partial charge is 0.506 e. The number of nitrogens with two attached hydrogens (primary N) is 1. The quantitative estimate of drug-likeness (QED) is 0.487. The van der Waals surface area contributed by atoms with E-state index in [1.807, 2.05) is 28.7 Å². The summed E-state index contributed by atoms with van der Waals surface area (Å²) in [6, 6.07) is 3.63. The van der Waals surface area contributed by atoms with Crippen LogP contribution < -0.4 is 5.73 Å². The number of carbonyl (C=O) groups excluding carboxylic acids is 1. The molecule has 4 nitrogen and oxygen atoms in total. The third kappa shape index (κ3) is 2.94. The van der Waals surface area contributed by atoms with Crippen LogP contribution in [-0.4, -0.2) is 15.4 Å². The van der Waals surface area contributed by atoms with Gasteiger partial charge in [-0.25, -0.2) is 4.99 Å². The van der Waals surface area contributed by atoms with Crippen molar-refractivity contribution in [1.82, 2.24) is 0 Å². The SMILES string of the molecule is NC1=N/C(=C\c2cc(I)cc(I)c2O)C(=O)S1. The second-order valence-corrected chi connectivity index (χ2v) is 6.60. The smallest absolute Gasteiger partial charge is 0.245 e. The molecule has 0 bridgehead atoms. The van der Waals surface area contributed by atoms with Gasteiger partial charge in [-0.05, 0) is 75.2 Å². The molecule has 1 aromatic carbocycles. The summed E-state index contributed by atoms with van der Waals surface area (Å²) in [5, 5.41) is 9.92. The maximum atomic E-state index is 11.5. The van der Waals surface area contributed by atoms with E-state index < -0.39 is 0 Å². The number of aromatic hydroxyl groups is 1. The van der Waals surface area contributed by atoms with Crippen molar-refractivity contribution < 1.29 is 9.90 Å². The molecule has 0 atom stereocenters. The van der Waals surface area contributed by atoms with Crippen molar-refractivity contribution in [2.75, 3.05) is 0 Å². The Morgan fingerprint density at radius 1 is 1.41 bits per heavy atom. The summed E-state index contributed by atoms with van der Waals surface area (Å²) in [4.78, 5) is 15.4. The maximum absolute atomic E-state index is 11.5. The van der Waals surface area contributed by atoms with Crippen LogP contribution in [0, 0.1) is 7.14 Å². The van der Waals surface area contributed by atoms with Gasteiger partial charge in [-0.2, -0.15) is 0 Å². The number of phenolic OH excluding ortho intramolecular Hbond substituents is 1. The molecule has 3 N–H and O–H groups in total. The van der Waals surface area contributed by atoms with Gasteiger partial charge >= 0.3 is 0 Å². The molecule has 0 saturated heterocycles. The van der Waals surface area contributed by atoms with Crippen molar-refractivity contribution >= 4 is 73.3 Å². The van der Waals surface area contributed by atoms with Gasteiger partial charge in [0.1, 0.15) is 11.4 Å². The molecule has 1 aliphatic heterocycles. The van der Waals surface area contributed by atoms with E-state index in [0.29, 0.717) is 5.56 Å². The highest BCUT2D eigenvalue weighted by molar-refractivity contribution is 14.1. The topological polar surface area (TPSA) is 75.7 Å². The van der Waals surface area contributed by atoms with Crippen LogP contribution in [0.5, 0.6) is 5.75 Å². The van der Waals surface area contributed by atoms with Crippen molar-refractivity contribution in [1.29, 1.82) is 0 Å². The first-order chi connectivity index (χ1) is 7.97. The fraction of sp³-hybridized carbons (Fsp3) is 0. The molecular weight excluding hydrogens is 466 g/mol. The van der Waals surface area contributed by atoms with Gasteiger partial charge in [0.25, 0.3) is 0 Å². The Hall–Kier alpha value is -0.290. The van der Waals surface area contributed by atoms with Gasteiger partial charge in [0.2, 0.25) is 5.12 Å². The van der Waals surface area contributed by atoms with Gasteiger partial charge in [-0.3, -0.25) is 4.79 Å². The summed E-state index contributed by atoms with van der Waals surface area (Å²) >= 11 is 5.08. The van der Waals surface area contributed by atoms with Gasteiger partial charge in [0.15, 0.2) is 5.17 Å². The minimum Gasteiger partial charge on any atom is -0.506 e. The number of hydrogen-bond donors (Lipinski definition) is 2. The van der Waals surface area contributed by atoms with Crippen LogP contribution in [0.4, 0.5) is 0 Å². The van der Waals surface area contributed by atoms with E-state index in [2.05, 4.69) is 27.6 Å². The molecule has 2 rings (SSSR count). The standard InChI is InChI=1S/C10H6I2N2O2S/c11-5-1-4(8(15)6(12)3-5)2-7-9(16)17-10(13)14-7/h1-3,15H,(H2,13,14)/b7-2-. The number of aliphatic imine (C=N–C) groups is 1. The van der Waals surface area contributed by atoms with E-state index in [9.17, 15) is 9.90 Å². The summed E-state index contributed by atoms with van der Waals surface area (Å²) in [5.74, 6) is 0.150. The van der Waals surface area contributed by atoms with Crippen LogP contribution in [0.1, 0.15) is 5.56 Å². The number of hydrogen-bond acceptors (Lipinski definition) is 5. The molecule has 7 heteroatoms. The first-order valence-electron chi connectivity index (χ1n) is 4.43. The molecule has 0 saturated carbocycles. The van der Waals surface area contributed by atoms with Gasteiger partial charge in [-0.15, -0.1) is 0 Å². The third-order valence-electron chi connectivity index (χ3n) is 1.99. The van der Waals surface area contributed by atoms with Gasteiger partial charge in [0.05, 0.1) is 3.57 Å². The fourth-order valence-electron chi connectivity index (χ4n) is 1.27. The van der Waals surface area contributed by atoms with Crippen molar-refractivity contribution in [2.45, 2.75) is 0 Å². The van der Waals surface area contributed by atoms with Gasteiger partial charge in [0, 0.05) is 9.13 Å². The number of amidine groups is 1. The summed E-state index contributed by atoms with van der Waals surface area (Å²) in [7, 11) is 0. The van der Waals surface area contributed by atoms with Crippen molar-refractivity contribution in [3.8, 4) is 5.75 Å². The average molecular weight is 472 g/mol. The lowest BCUT2D eigenvalue weighted by Crippen LogP contribution is -2.01. The van der Waals surface area contributed by atoms with E-state index in [-0.39, 0.29) is 21.7 Å². The zero-order valence-electron chi connectivity index (χ0n) is 8.28. The Balaban J connectivity index is 2.49. The molecule has 0 unspecified atom stereocenters. The number of thioether (sulfide) groups is 1. The number of nitrogens with zero attached hydrogens (tertiary/aromatic N) is 1. The molecule has 88 valence electrons. The second kappa shape index (κ2) is 5.14. The van der Waals surface area contributed by atoms with Crippen LogP contribution in [0.15, 0.2) is 22.8 Å². The minimum atomic E-state index is -0.198. The number of rotatable bonds is 1. The van der Waals surface area contributed by atoms with Crippen LogP contribution in [0.3, 0.4) is 0 Å². The van der Waals surface area contributed by atoms with Crippen molar-refractivity contribution in [2.24, 2.45) is 10.7 Å². The minimum absolute atomic E-state index is 0.150. The van der Waals surface area contributed by atoms with Gasteiger partial charge in [-0.1, -0.05) is 0 Å². The Morgan fingerprint density at radius 3 is 2.71 bits per heavy atom. The molecule has 0 aliphatic carbocycles. The van der Waals surface area contributed by atoms with E-state index in [4.69, 9.17) is 5.73 Å². The zero-order valence-corrected chi connectivity index (χ0v) is 13.4. The summed E-state index contributed by atoms with van der Waals surface area (Å²) in [6.45, 7) is 0. The Morgan fingerprint density at radius 2 is 2.12 bits per heavy atom. The van der Waals surface area contributed by atoms with E-state index >= 15 is 0 Å². The normalized spacial score (nSPS) is 17.6. The zero-order chi connectivity index (χ0) is 12.6. The predicted octanol–water partition coefficient (Wildman–Crippen LogP) is 2.53. The van der Waals surface area contributed by atoms with E-state index in [1.54, 1.807) is 12.1 Å². The van der Waals surface area contributed by atoms with Crippen molar-refractivity contribution in [3.63, 3.8) is 0 Å². The second-order valence-electron chi connectivity index (χ2n) is 3.19. The Kier molecular flexibility index (Phi) is 3.98. The highest BCUT2D eigenvalue weighted by Gasteiger charge is 2.20. The molecule has 0 fully saturated rings. The molecule has 0 radical (unpaired) electrons. The number of phenols is 1. The molecule has 1 aliphatic rings. The predicted molar refractivity (Wildman–Crippen MR) is 85.7 cm³/mol. The molecule has 0 spiro atoms. The molecule has 0 amide bonds. The highest BCUT2D eigenvalue weighted by atomic mass is 127. The summed E-state index contributed by atoms with van der Waals surface area (Å²) in [5.41, 5.74) is 6.29. The molecule has 1 aromatic rings. The van der Waals surface area contributed by atoms with Crippen LogP contribution in [-0.2, 0) is 4.79 Å². The molecular formula is C10H6I2N2O2S. The monoisotopic (exact) mass is 472 g/mol. The first-order valence-corrected chi connectivity index (χ1v) is 7.41. The maximum Gasteiger partial charge on any atom is 0.245 e. The lowest BCUT2D eigenvalue weighted by atomic mass is 10.2. The first kappa shape index (κ1) is 13.1. The summed E-state index contributed by atoms with van der Waals surface area (Å²) < 4.78 is 1.71. The number of carbonyl (C=O) groups is 1. The van der Waals surface area contributed by atoms with E-state index in [0.717, 1.165) is 18.9 Å². The third-order valence-corrected chi connectivity index (χ3v) is 4.13. The summed E-state index contributed by atoms with van der Waals surface area (Å²) in [6.07, 6.45) is 1.55. The number of halogens is 2. The molecule has 0 aromatic heterocycles. The van der Waals surface area contributed by atoms with Crippen molar-refractivity contribution in [3.05, 3.63) is 30.5 Å². The number of benzene rings is 1. The van der Waals surface area contributed by atoms with E-state index in [1.165, 1.54) is 0 Å². The Labute approximate surface area is 129 Å². The van der Waals surface area contributed by atoms with Crippen LogP contribution in [0.25, 0.3) is 6.08 Å². The molecule has 17 heavy (non-hydrogen) atoms. The lowest BCUT2D eigenvalue weighted by molar-refractivity contribution is -0.107. The average Bonchev–Trinajstić information content (AvgIpc) is 2.53. The highest BCUT2D eigenvalue weighted by Crippen LogP contribution is 2.31. The lowest BCUT2D eigenvalue weighted by Gasteiger charge is -2.03. The van der Waals surface area contributed by atoms with Crippen LogP contribution in [0.2, 0.25) is 0 Å². The fourth-order valence-corrected chi connectivity index (χ4v) is 3.70. The van der Waals surface area contributed by atoms with Crippen LogP contribution >= 0.6 is 56.9 Å². The molecule has 1 heterocycles.